The van der Waals surface area contributed by atoms with Crippen molar-refractivity contribution < 1.29 is 0 Å². The van der Waals surface area contributed by atoms with Gasteiger partial charge in [0.05, 0.1) is 6.54 Å². The molecule has 0 bridgehead atoms. The molecular weight excluding hydrogens is 338 g/mol. The molecule has 0 radical (unpaired) electrons. The Bertz CT molecular complexity index is 862. The van der Waals surface area contributed by atoms with E-state index in [9.17, 15) is 0 Å². The summed E-state index contributed by atoms with van der Waals surface area (Å²) in [6, 6.07) is 8.48. The summed E-state index contributed by atoms with van der Waals surface area (Å²) in [4.78, 5) is 17.9. The molecule has 2 aromatic heterocycles. The number of rotatable bonds is 5. The zero-order chi connectivity index (χ0) is 18.6. The first-order valence-corrected chi connectivity index (χ1v) is 9.26. The van der Waals surface area contributed by atoms with E-state index in [4.69, 9.17) is 0 Å². The molecule has 0 amide bonds. The normalized spacial score (nSPS) is 15.1. The zero-order valence-corrected chi connectivity index (χ0v) is 15.8. The van der Waals surface area contributed by atoms with Crippen LogP contribution < -0.4 is 10.2 Å². The third-order valence-corrected chi connectivity index (χ3v) is 4.93. The number of anilines is 3. The Morgan fingerprint density at radius 3 is 2.30 bits per heavy atom. The summed E-state index contributed by atoms with van der Waals surface area (Å²) in [5.74, 6) is 1.74. The number of hydrogen-bond acceptors (Lipinski definition) is 6. The first-order chi connectivity index (χ1) is 13.2. The molecule has 1 fully saturated rings. The summed E-state index contributed by atoms with van der Waals surface area (Å²) >= 11 is 0. The first-order valence-electron chi connectivity index (χ1n) is 9.26. The summed E-state index contributed by atoms with van der Waals surface area (Å²) in [5.41, 5.74) is 3.30. The predicted molar refractivity (Wildman–Crippen MR) is 107 cm³/mol. The van der Waals surface area contributed by atoms with Gasteiger partial charge in [0.15, 0.2) is 0 Å². The Labute approximate surface area is 159 Å². The minimum Gasteiger partial charge on any atom is -0.369 e. The van der Waals surface area contributed by atoms with Gasteiger partial charge in [0.2, 0.25) is 5.95 Å². The third kappa shape index (κ3) is 4.25. The topological polar surface area (TPSA) is 62.1 Å². The summed E-state index contributed by atoms with van der Waals surface area (Å²) in [6.07, 6.45) is 7.49. The Balaban J connectivity index is 1.32. The van der Waals surface area contributed by atoms with E-state index in [0.29, 0.717) is 5.95 Å². The van der Waals surface area contributed by atoms with Gasteiger partial charge in [-0.1, -0.05) is 0 Å². The van der Waals surface area contributed by atoms with Crippen molar-refractivity contribution in [2.24, 2.45) is 7.05 Å². The molecule has 0 spiro atoms. The van der Waals surface area contributed by atoms with Crippen LogP contribution in [-0.4, -0.2) is 50.6 Å². The Morgan fingerprint density at radius 1 is 0.963 bits per heavy atom. The van der Waals surface area contributed by atoms with Crippen LogP contribution in [0.3, 0.4) is 0 Å². The minimum absolute atomic E-state index is 0.622. The largest absolute Gasteiger partial charge is 0.369 e. The van der Waals surface area contributed by atoms with Crippen LogP contribution in [-0.2, 0) is 13.6 Å². The number of hydrogen-bond donors (Lipinski definition) is 1. The number of aryl methyl sites for hydroxylation is 2. The molecule has 1 N–H and O–H groups in total. The van der Waals surface area contributed by atoms with Gasteiger partial charge in [-0.3, -0.25) is 4.90 Å². The van der Waals surface area contributed by atoms with Gasteiger partial charge in [0, 0.05) is 69.4 Å². The number of nitrogens with zero attached hydrogens (tertiary/aromatic N) is 6. The number of benzene rings is 1. The quantitative estimate of drug-likeness (QED) is 0.752. The Kier molecular flexibility index (Phi) is 5.02. The van der Waals surface area contributed by atoms with Gasteiger partial charge in [0.1, 0.15) is 5.82 Å². The maximum absolute atomic E-state index is 4.43. The average Bonchev–Trinajstić information content (AvgIpc) is 3.10. The van der Waals surface area contributed by atoms with Crippen LogP contribution in [0.1, 0.15) is 11.4 Å². The highest BCUT2D eigenvalue weighted by Crippen LogP contribution is 2.21. The van der Waals surface area contributed by atoms with Crippen LogP contribution in [0.4, 0.5) is 17.3 Å². The summed E-state index contributed by atoms with van der Waals surface area (Å²) in [7, 11) is 2.05. The second-order valence-corrected chi connectivity index (χ2v) is 6.97. The molecule has 1 saturated heterocycles. The van der Waals surface area contributed by atoms with E-state index in [1.165, 1.54) is 5.69 Å². The minimum atomic E-state index is 0.622. The molecule has 0 unspecified atom stereocenters. The highest BCUT2D eigenvalue weighted by Gasteiger charge is 2.18. The van der Waals surface area contributed by atoms with Crippen LogP contribution in [0.2, 0.25) is 0 Å². The lowest BCUT2D eigenvalue weighted by Crippen LogP contribution is -2.46. The zero-order valence-electron chi connectivity index (χ0n) is 15.8. The molecule has 1 aliphatic heterocycles. The second kappa shape index (κ2) is 7.75. The van der Waals surface area contributed by atoms with Gasteiger partial charge < -0.3 is 14.8 Å². The number of aromatic nitrogens is 4. The van der Waals surface area contributed by atoms with E-state index in [0.717, 1.165) is 49.8 Å². The van der Waals surface area contributed by atoms with E-state index in [1.54, 1.807) is 0 Å². The first kappa shape index (κ1) is 17.5. The van der Waals surface area contributed by atoms with Gasteiger partial charge in [-0.05, 0) is 36.8 Å². The molecule has 27 heavy (non-hydrogen) atoms. The van der Waals surface area contributed by atoms with E-state index < -0.39 is 0 Å². The maximum Gasteiger partial charge on any atom is 0.227 e. The average molecular weight is 363 g/mol. The summed E-state index contributed by atoms with van der Waals surface area (Å²) in [5, 5.41) is 3.24. The van der Waals surface area contributed by atoms with Crippen molar-refractivity contribution in [1.29, 1.82) is 0 Å². The maximum atomic E-state index is 4.43. The molecule has 7 nitrogen and oxygen atoms in total. The molecule has 0 aliphatic carbocycles. The fraction of sp³-hybridized carbons (Fsp3) is 0.350. The van der Waals surface area contributed by atoms with Crippen molar-refractivity contribution in [3.8, 4) is 0 Å². The smallest absolute Gasteiger partial charge is 0.227 e. The summed E-state index contributed by atoms with van der Waals surface area (Å²) in [6.45, 7) is 7.04. The van der Waals surface area contributed by atoms with Gasteiger partial charge in [-0.2, -0.15) is 0 Å². The molecule has 4 rings (SSSR count). The molecule has 3 heterocycles. The van der Waals surface area contributed by atoms with Crippen molar-refractivity contribution in [2.45, 2.75) is 13.5 Å². The molecule has 0 atom stereocenters. The predicted octanol–water partition coefficient (Wildman–Crippen LogP) is 2.58. The lowest BCUT2D eigenvalue weighted by molar-refractivity contribution is 0.242. The van der Waals surface area contributed by atoms with Crippen molar-refractivity contribution in [3.05, 3.63) is 60.4 Å². The Hall–Kier alpha value is -2.93. The van der Waals surface area contributed by atoms with Crippen LogP contribution in [0.5, 0.6) is 0 Å². The molecule has 3 aromatic rings. The van der Waals surface area contributed by atoms with Crippen molar-refractivity contribution in [1.82, 2.24) is 24.4 Å². The highest BCUT2D eigenvalue weighted by molar-refractivity contribution is 5.59. The van der Waals surface area contributed by atoms with Crippen LogP contribution >= 0.6 is 0 Å². The monoisotopic (exact) mass is 363 g/mol. The number of imidazole rings is 1. The van der Waals surface area contributed by atoms with Gasteiger partial charge >= 0.3 is 0 Å². The molecular formula is C20H25N7. The van der Waals surface area contributed by atoms with E-state index in [2.05, 4.69) is 65.9 Å². The highest BCUT2D eigenvalue weighted by atomic mass is 15.3. The lowest BCUT2D eigenvalue weighted by atomic mass is 10.2. The Morgan fingerprint density at radius 2 is 1.67 bits per heavy atom. The lowest BCUT2D eigenvalue weighted by Gasteiger charge is -2.36. The summed E-state index contributed by atoms with van der Waals surface area (Å²) < 4.78 is 2.09. The van der Waals surface area contributed by atoms with Crippen molar-refractivity contribution in [2.75, 3.05) is 36.4 Å². The molecule has 140 valence electrons. The fourth-order valence-corrected chi connectivity index (χ4v) is 3.25. The van der Waals surface area contributed by atoms with E-state index >= 15 is 0 Å². The van der Waals surface area contributed by atoms with Crippen molar-refractivity contribution >= 4 is 17.3 Å². The van der Waals surface area contributed by atoms with Gasteiger partial charge in [0.25, 0.3) is 0 Å². The molecule has 1 aromatic carbocycles. The molecule has 7 heteroatoms. The second-order valence-electron chi connectivity index (χ2n) is 6.97. The fourth-order valence-electron chi connectivity index (χ4n) is 3.25. The van der Waals surface area contributed by atoms with Crippen LogP contribution in [0.15, 0.2) is 49.1 Å². The van der Waals surface area contributed by atoms with Gasteiger partial charge in [-0.15, -0.1) is 0 Å². The van der Waals surface area contributed by atoms with E-state index in [-0.39, 0.29) is 0 Å². The van der Waals surface area contributed by atoms with Crippen molar-refractivity contribution in [3.63, 3.8) is 0 Å². The third-order valence-electron chi connectivity index (χ3n) is 4.93. The van der Waals surface area contributed by atoms with Crippen LogP contribution in [0, 0.1) is 6.92 Å². The van der Waals surface area contributed by atoms with E-state index in [1.807, 2.05) is 31.7 Å². The SMILES string of the molecule is Cc1cnc(Nc2ccc(N3CCN(Cc4nccn4C)CC3)cc2)nc1. The number of piperazine rings is 1. The molecule has 0 saturated carbocycles. The molecule has 1 aliphatic rings. The standard InChI is InChI=1S/C20H25N7/c1-16-13-22-20(23-14-16)24-17-3-5-18(6-4-17)27-11-9-26(10-12-27)15-19-21-7-8-25(19)2/h3-8,13-14H,9-12,15H2,1-2H3,(H,22,23,24). The van der Waals surface area contributed by atoms with Gasteiger partial charge in [-0.25, -0.2) is 15.0 Å². The van der Waals surface area contributed by atoms with Crippen LogP contribution in [0.25, 0.3) is 0 Å². The number of nitrogens with one attached hydrogen (secondary N) is 1.